The maximum Gasteiger partial charge on any atom is 0.454 e. The highest BCUT2D eigenvalue weighted by atomic mass is 19.4. The molecule has 0 saturated carbocycles. The summed E-state index contributed by atoms with van der Waals surface area (Å²) in [6, 6.07) is 7.94. The van der Waals surface area contributed by atoms with Crippen molar-refractivity contribution < 1.29 is 35.9 Å². The molecule has 29 heavy (non-hydrogen) atoms. The molecule has 0 spiro atoms. The lowest BCUT2D eigenvalue weighted by atomic mass is 9.87. The number of Topliss-reactive ketones (excluding diaryl/α,β-unsaturated/α-hetero) is 1. The van der Waals surface area contributed by atoms with E-state index < -0.39 is 52.6 Å². The normalized spacial score (nSPS) is 17.6. The van der Waals surface area contributed by atoms with E-state index in [0.29, 0.717) is 6.07 Å². The van der Waals surface area contributed by atoms with Crippen LogP contribution in [0.15, 0.2) is 60.2 Å². The summed E-state index contributed by atoms with van der Waals surface area (Å²) in [7, 11) is 0. The van der Waals surface area contributed by atoms with Gasteiger partial charge < -0.3 is 10.6 Å². The van der Waals surface area contributed by atoms with Crippen LogP contribution in [0.25, 0.3) is 5.70 Å². The van der Waals surface area contributed by atoms with E-state index in [2.05, 4.69) is 5.32 Å². The molecule has 2 N–H and O–H groups in total. The number of urea groups is 1. The third-order valence-corrected chi connectivity index (χ3v) is 4.21. The molecule has 4 nitrogen and oxygen atoms in total. The molecule has 1 atom stereocenters. The van der Waals surface area contributed by atoms with E-state index >= 15 is 0 Å². The van der Waals surface area contributed by atoms with Gasteiger partial charge in [-0.2, -0.15) is 26.3 Å². The fraction of sp³-hybridized carbons (Fsp3) is 0.158. The number of halogens is 6. The highest BCUT2D eigenvalue weighted by Crippen LogP contribution is 2.41. The van der Waals surface area contributed by atoms with Crippen molar-refractivity contribution in [1.29, 1.82) is 0 Å². The van der Waals surface area contributed by atoms with Gasteiger partial charge in [0.2, 0.25) is 0 Å². The van der Waals surface area contributed by atoms with Crippen molar-refractivity contribution in [3.63, 3.8) is 0 Å². The van der Waals surface area contributed by atoms with Gasteiger partial charge in [-0.15, -0.1) is 0 Å². The summed E-state index contributed by atoms with van der Waals surface area (Å²) < 4.78 is 80.2. The van der Waals surface area contributed by atoms with Crippen molar-refractivity contribution in [3.8, 4) is 0 Å². The van der Waals surface area contributed by atoms with Crippen LogP contribution in [-0.2, 0) is 11.0 Å². The van der Waals surface area contributed by atoms with Crippen LogP contribution >= 0.6 is 0 Å². The van der Waals surface area contributed by atoms with E-state index in [4.69, 9.17) is 0 Å². The lowest BCUT2D eigenvalue weighted by Crippen LogP contribution is -2.47. The summed E-state index contributed by atoms with van der Waals surface area (Å²) in [5, 5.41) is 4.14. The van der Waals surface area contributed by atoms with Crippen molar-refractivity contribution in [1.82, 2.24) is 10.6 Å². The maximum absolute atomic E-state index is 13.4. The highest BCUT2D eigenvalue weighted by molar-refractivity contribution is 6.10. The molecule has 2 amide bonds. The number of hydrogen-bond donors (Lipinski definition) is 2. The van der Waals surface area contributed by atoms with E-state index in [0.717, 1.165) is 12.1 Å². The van der Waals surface area contributed by atoms with Crippen molar-refractivity contribution in [3.05, 3.63) is 76.9 Å². The SMILES string of the molecule is O=C1NC(c2ccccc2)=C(C(=O)C(F)(F)F)C(c2ccccc2C(F)(F)F)N1. The van der Waals surface area contributed by atoms with Gasteiger partial charge in [-0.3, -0.25) is 4.79 Å². The van der Waals surface area contributed by atoms with Crippen molar-refractivity contribution >= 4 is 17.5 Å². The van der Waals surface area contributed by atoms with Gasteiger partial charge in [-0.1, -0.05) is 48.5 Å². The summed E-state index contributed by atoms with van der Waals surface area (Å²) >= 11 is 0. The zero-order valence-corrected chi connectivity index (χ0v) is 14.4. The van der Waals surface area contributed by atoms with Crippen LogP contribution in [0.3, 0.4) is 0 Å². The zero-order chi connectivity index (χ0) is 21.4. The Morgan fingerprint density at radius 2 is 1.45 bits per heavy atom. The van der Waals surface area contributed by atoms with E-state index in [1.54, 1.807) is 6.07 Å². The third kappa shape index (κ3) is 4.10. The molecule has 3 rings (SSSR count). The predicted octanol–water partition coefficient (Wildman–Crippen LogP) is 4.60. The average Bonchev–Trinajstić information content (AvgIpc) is 2.66. The number of carbonyl (C=O) groups excluding carboxylic acids is 2. The number of nitrogens with one attached hydrogen (secondary N) is 2. The Morgan fingerprint density at radius 1 is 0.862 bits per heavy atom. The first-order valence-electron chi connectivity index (χ1n) is 8.15. The molecule has 2 aromatic rings. The Hall–Kier alpha value is -3.30. The Morgan fingerprint density at radius 3 is 2.03 bits per heavy atom. The summed E-state index contributed by atoms with van der Waals surface area (Å²) in [5.41, 5.74) is -3.41. The number of hydrogen-bond acceptors (Lipinski definition) is 2. The molecular weight excluding hydrogens is 402 g/mol. The van der Waals surface area contributed by atoms with Gasteiger partial charge >= 0.3 is 18.4 Å². The number of carbonyl (C=O) groups is 2. The number of rotatable bonds is 3. The Balaban J connectivity index is 2.31. The Labute approximate surface area is 160 Å². The van der Waals surface area contributed by atoms with Crippen molar-refractivity contribution in [2.24, 2.45) is 0 Å². The predicted molar refractivity (Wildman–Crippen MR) is 90.3 cm³/mol. The summed E-state index contributed by atoms with van der Waals surface area (Å²) in [5.74, 6) is -2.36. The first-order valence-corrected chi connectivity index (χ1v) is 8.15. The number of ketones is 1. The quantitative estimate of drug-likeness (QED) is 0.722. The second-order valence-electron chi connectivity index (χ2n) is 6.10. The van der Waals surface area contributed by atoms with Crippen LogP contribution in [0.2, 0.25) is 0 Å². The molecular formula is C19H12F6N2O2. The molecule has 0 fully saturated rings. The first kappa shape index (κ1) is 20.4. The third-order valence-electron chi connectivity index (χ3n) is 4.21. The largest absolute Gasteiger partial charge is 0.454 e. The molecule has 152 valence electrons. The van der Waals surface area contributed by atoms with Crippen molar-refractivity contribution in [2.45, 2.75) is 18.4 Å². The van der Waals surface area contributed by atoms with Crippen LogP contribution in [0.4, 0.5) is 31.1 Å². The molecule has 0 bridgehead atoms. The second-order valence-corrected chi connectivity index (χ2v) is 6.10. The monoisotopic (exact) mass is 414 g/mol. The van der Waals surface area contributed by atoms with E-state index in [9.17, 15) is 35.9 Å². The molecule has 0 aromatic heterocycles. The van der Waals surface area contributed by atoms with Crippen molar-refractivity contribution in [2.75, 3.05) is 0 Å². The smallest absolute Gasteiger partial charge is 0.327 e. The fourth-order valence-electron chi connectivity index (χ4n) is 3.03. The molecule has 1 aliphatic heterocycles. The average molecular weight is 414 g/mol. The second kappa shape index (κ2) is 7.26. The summed E-state index contributed by atoms with van der Waals surface area (Å²) in [4.78, 5) is 24.3. The van der Waals surface area contributed by atoms with E-state index in [1.807, 2.05) is 5.32 Å². The van der Waals surface area contributed by atoms with E-state index in [1.165, 1.54) is 30.3 Å². The van der Waals surface area contributed by atoms with Crippen LogP contribution in [0.5, 0.6) is 0 Å². The molecule has 2 aromatic carbocycles. The Kier molecular flexibility index (Phi) is 5.12. The number of amides is 2. The van der Waals surface area contributed by atoms with Gasteiger partial charge in [0.1, 0.15) is 0 Å². The summed E-state index contributed by atoms with van der Waals surface area (Å²) in [6.45, 7) is 0. The summed E-state index contributed by atoms with van der Waals surface area (Å²) in [6.07, 6.45) is -10.3. The van der Waals surface area contributed by atoms with Gasteiger partial charge in [0.05, 0.1) is 22.9 Å². The fourth-order valence-corrected chi connectivity index (χ4v) is 3.03. The minimum Gasteiger partial charge on any atom is -0.327 e. The maximum atomic E-state index is 13.4. The molecule has 1 aliphatic rings. The van der Waals surface area contributed by atoms with Crippen LogP contribution in [-0.4, -0.2) is 18.0 Å². The molecule has 0 aliphatic carbocycles. The van der Waals surface area contributed by atoms with Crippen LogP contribution in [0.1, 0.15) is 22.7 Å². The molecule has 10 heteroatoms. The molecule has 0 saturated heterocycles. The standard InChI is InChI=1S/C19H12F6N2O2/c20-18(21,22)12-9-5-4-8-11(12)15-13(16(28)19(23,24)25)14(26-17(29)27-15)10-6-2-1-3-7-10/h1-9,15H,(H2,26,27,29). The number of alkyl halides is 6. The lowest BCUT2D eigenvalue weighted by molar-refractivity contribution is -0.167. The van der Waals surface area contributed by atoms with Gasteiger partial charge in [0.15, 0.2) is 0 Å². The minimum atomic E-state index is -5.37. The van der Waals surface area contributed by atoms with Crippen LogP contribution in [0, 0.1) is 0 Å². The molecule has 1 heterocycles. The first-order chi connectivity index (χ1) is 13.5. The molecule has 0 radical (unpaired) electrons. The number of benzene rings is 2. The van der Waals surface area contributed by atoms with Gasteiger partial charge in [-0.25, -0.2) is 4.79 Å². The van der Waals surface area contributed by atoms with Gasteiger partial charge in [-0.05, 0) is 17.2 Å². The van der Waals surface area contributed by atoms with E-state index in [-0.39, 0.29) is 5.56 Å². The van der Waals surface area contributed by atoms with Gasteiger partial charge in [0, 0.05) is 0 Å². The topological polar surface area (TPSA) is 58.2 Å². The Bertz CT molecular complexity index is 980. The van der Waals surface area contributed by atoms with Gasteiger partial charge in [0.25, 0.3) is 5.78 Å². The zero-order valence-electron chi connectivity index (χ0n) is 14.4. The molecule has 1 unspecified atom stereocenters. The highest BCUT2D eigenvalue weighted by Gasteiger charge is 2.48. The minimum absolute atomic E-state index is 0.0458. The van der Waals surface area contributed by atoms with Crippen LogP contribution < -0.4 is 10.6 Å². The lowest BCUT2D eigenvalue weighted by Gasteiger charge is -2.31.